The fourth-order valence-electron chi connectivity index (χ4n) is 2.51. The van der Waals surface area contributed by atoms with Gasteiger partial charge in [0, 0.05) is 24.3 Å². The van der Waals surface area contributed by atoms with E-state index in [9.17, 15) is 9.59 Å². The zero-order valence-corrected chi connectivity index (χ0v) is 10.4. The molecule has 4 nitrogen and oxygen atoms in total. The number of nitrogens with zero attached hydrogens (tertiary/aromatic N) is 1. The van der Waals surface area contributed by atoms with Crippen molar-refractivity contribution in [3.8, 4) is 0 Å². The average molecular weight is 242 g/mol. The molecule has 2 rings (SSSR count). The molecule has 1 N–H and O–H groups in total. The minimum atomic E-state index is -0.191. The predicted octanol–water partition coefficient (Wildman–Crippen LogP) is 1.60. The lowest BCUT2D eigenvalue weighted by atomic mass is 10.2. The Morgan fingerprint density at radius 2 is 2.25 bits per heavy atom. The molecule has 0 spiro atoms. The first-order valence-electron chi connectivity index (χ1n) is 5.92. The van der Waals surface area contributed by atoms with Gasteiger partial charge in [-0.25, -0.2) is 4.79 Å². The maximum absolute atomic E-state index is 11.6. The topological polar surface area (TPSA) is 49.4 Å². The third-order valence-corrected chi connectivity index (χ3v) is 4.52. The molecule has 0 radical (unpaired) electrons. The molecule has 5 heteroatoms. The lowest BCUT2D eigenvalue weighted by molar-refractivity contribution is -0.121. The number of urea groups is 1. The zero-order chi connectivity index (χ0) is 11.5. The largest absolute Gasteiger partial charge is 0.324 e. The molecule has 1 aliphatic heterocycles. The Hall–Kier alpha value is -0.710. The summed E-state index contributed by atoms with van der Waals surface area (Å²) < 4.78 is 0. The minimum Gasteiger partial charge on any atom is -0.321 e. The SMILES string of the molecule is CCSC1CCC(N2CCC(=O)NC2=O)C1. The summed E-state index contributed by atoms with van der Waals surface area (Å²) in [5.74, 6) is 1.00. The van der Waals surface area contributed by atoms with Gasteiger partial charge in [0.15, 0.2) is 0 Å². The quantitative estimate of drug-likeness (QED) is 0.818. The molecule has 0 aromatic carbocycles. The first-order chi connectivity index (χ1) is 7.70. The first-order valence-corrected chi connectivity index (χ1v) is 6.97. The summed E-state index contributed by atoms with van der Waals surface area (Å²) >= 11 is 1.98. The summed E-state index contributed by atoms with van der Waals surface area (Å²) in [6, 6.07) is 0.153. The van der Waals surface area contributed by atoms with Crippen LogP contribution >= 0.6 is 11.8 Å². The van der Waals surface area contributed by atoms with Gasteiger partial charge in [0.2, 0.25) is 5.91 Å². The van der Waals surface area contributed by atoms with E-state index in [1.807, 2.05) is 16.7 Å². The van der Waals surface area contributed by atoms with Crippen LogP contribution in [0.15, 0.2) is 0 Å². The molecule has 1 aliphatic carbocycles. The highest BCUT2D eigenvalue weighted by Gasteiger charge is 2.34. The molecule has 1 heterocycles. The zero-order valence-electron chi connectivity index (χ0n) is 9.57. The van der Waals surface area contributed by atoms with E-state index < -0.39 is 0 Å². The normalized spacial score (nSPS) is 30.7. The average Bonchev–Trinajstić information content (AvgIpc) is 2.67. The Balaban J connectivity index is 1.89. The second kappa shape index (κ2) is 5.08. The van der Waals surface area contributed by atoms with Crippen molar-refractivity contribution in [2.45, 2.75) is 43.9 Å². The molecule has 2 aliphatic rings. The maximum Gasteiger partial charge on any atom is 0.324 e. The van der Waals surface area contributed by atoms with Gasteiger partial charge in [-0.15, -0.1) is 0 Å². The van der Waals surface area contributed by atoms with E-state index in [0.29, 0.717) is 24.3 Å². The molecule has 90 valence electrons. The van der Waals surface area contributed by atoms with Crippen LogP contribution in [0.25, 0.3) is 0 Å². The van der Waals surface area contributed by atoms with Crippen molar-refractivity contribution in [1.82, 2.24) is 10.2 Å². The van der Waals surface area contributed by atoms with Crippen molar-refractivity contribution in [2.24, 2.45) is 0 Å². The number of carbonyl (C=O) groups is 2. The van der Waals surface area contributed by atoms with E-state index >= 15 is 0 Å². The van der Waals surface area contributed by atoms with Gasteiger partial charge in [-0.3, -0.25) is 10.1 Å². The highest BCUT2D eigenvalue weighted by molar-refractivity contribution is 7.99. The van der Waals surface area contributed by atoms with Crippen LogP contribution in [-0.2, 0) is 4.79 Å². The van der Waals surface area contributed by atoms with Gasteiger partial charge >= 0.3 is 6.03 Å². The molecular formula is C11H18N2O2S. The molecule has 3 amide bonds. The second-order valence-corrected chi connectivity index (χ2v) is 5.92. The summed E-state index contributed by atoms with van der Waals surface area (Å²) in [7, 11) is 0. The fraction of sp³-hybridized carbons (Fsp3) is 0.818. The van der Waals surface area contributed by atoms with E-state index in [0.717, 1.165) is 18.6 Å². The van der Waals surface area contributed by atoms with Crippen LogP contribution in [0.3, 0.4) is 0 Å². The van der Waals surface area contributed by atoms with Crippen molar-refractivity contribution in [1.29, 1.82) is 0 Å². The van der Waals surface area contributed by atoms with Gasteiger partial charge in [0.1, 0.15) is 0 Å². The monoisotopic (exact) mass is 242 g/mol. The van der Waals surface area contributed by atoms with Crippen molar-refractivity contribution in [3.63, 3.8) is 0 Å². The van der Waals surface area contributed by atoms with Crippen molar-refractivity contribution in [3.05, 3.63) is 0 Å². The molecular weight excluding hydrogens is 224 g/mol. The molecule has 0 bridgehead atoms. The molecule has 1 saturated heterocycles. The summed E-state index contributed by atoms with van der Waals surface area (Å²) in [4.78, 5) is 24.5. The second-order valence-electron chi connectivity index (χ2n) is 4.34. The Labute approximate surface area is 100 Å². The summed E-state index contributed by atoms with van der Waals surface area (Å²) in [5, 5.41) is 3.09. The molecule has 0 aromatic rings. The van der Waals surface area contributed by atoms with E-state index in [-0.39, 0.29) is 11.9 Å². The van der Waals surface area contributed by atoms with Gasteiger partial charge in [-0.05, 0) is 25.0 Å². The highest BCUT2D eigenvalue weighted by Crippen LogP contribution is 2.33. The van der Waals surface area contributed by atoms with E-state index in [1.54, 1.807) is 0 Å². The Morgan fingerprint density at radius 3 is 2.94 bits per heavy atom. The molecule has 1 saturated carbocycles. The van der Waals surface area contributed by atoms with Crippen LogP contribution in [0.2, 0.25) is 0 Å². The van der Waals surface area contributed by atoms with Crippen LogP contribution in [0.5, 0.6) is 0 Å². The number of hydrogen-bond donors (Lipinski definition) is 1. The fourth-order valence-corrected chi connectivity index (χ4v) is 3.65. The number of amides is 3. The van der Waals surface area contributed by atoms with Gasteiger partial charge in [-0.2, -0.15) is 11.8 Å². The predicted molar refractivity (Wildman–Crippen MR) is 64.4 cm³/mol. The van der Waals surface area contributed by atoms with Crippen LogP contribution in [-0.4, -0.2) is 40.4 Å². The van der Waals surface area contributed by atoms with E-state index in [4.69, 9.17) is 0 Å². The van der Waals surface area contributed by atoms with Crippen LogP contribution in [0.4, 0.5) is 4.79 Å². The molecule has 2 atom stereocenters. The summed E-state index contributed by atoms with van der Waals surface area (Å²) in [5.41, 5.74) is 0. The first kappa shape index (κ1) is 11.8. The highest BCUT2D eigenvalue weighted by atomic mass is 32.2. The van der Waals surface area contributed by atoms with E-state index in [2.05, 4.69) is 12.2 Å². The third kappa shape index (κ3) is 2.51. The number of hydrogen-bond acceptors (Lipinski definition) is 3. The smallest absolute Gasteiger partial charge is 0.321 e. The molecule has 0 aromatic heterocycles. The Kier molecular flexibility index (Phi) is 3.74. The van der Waals surface area contributed by atoms with Gasteiger partial charge < -0.3 is 4.90 Å². The minimum absolute atomic E-state index is 0.140. The Morgan fingerprint density at radius 1 is 1.44 bits per heavy atom. The van der Waals surface area contributed by atoms with E-state index in [1.165, 1.54) is 6.42 Å². The lowest BCUT2D eigenvalue weighted by Gasteiger charge is -2.32. The number of carbonyl (C=O) groups excluding carboxylic acids is 2. The van der Waals surface area contributed by atoms with Crippen molar-refractivity contribution in [2.75, 3.05) is 12.3 Å². The number of rotatable bonds is 3. The van der Waals surface area contributed by atoms with Crippen LogP contribution in [0.1, 0.15) is 32.6 Å². The van der Waals surface area contributed by atoms with Crippen LogP contribution in [0, 0.1) is 0 Å². The Bertz CT molecular complexity index is 296. The molecule has 2 fully saturated rings. The van der Waals surface area contributed by atoms with Gasteiger partial charge in [0.25, 0.3) is 0 Å². The summed E-state index contributed by atoms with van der Waals surface area (Å²) in [6.45, 7) is 2.77. The van der Waals surface area contributed by atoms with Gasteiger partial charge in [-0.1, -0.05) is 6.92 Å². The summed E-state index contributed by atoms with van der Waals surface area (Å²) in [6.07, 6.45) is 3.81. The number of thioether (sulfide) groups is 1. The maximum atomic E-state index is 11.6. The third-order valence-electron chi connectivity index (χ3n) is 3.29. The number of imide groups is 1. The molecule has 16 heavy (non-hydrogen) atoms. The van der Waals surface area contributed by atoms with Crippen LogP contribution < -0.4 is 5.32 Å². The van der Waals surface area contributed by atoms with Crippen molar-refractivity contribution >= 4 is 23.7 Å². The number of nitrogens with one attached hydrogen (secondary N) is 1. The van der Waals surface area contributed by atoms with Crippen molar-refractivity contribution < 1.29 is 9.59 Å². The molecule has 2 unspecified atom stereocenters. The standard InChI is InChI=1S/C11H18N2O2S/c1-2-16-9-4-3-8(7-9)13-6-5-10(14)12-11(13)15/h8-9H,2-7H2,1H3,(H,12,14,15). The lowest BCUT2D eigenvalue weighted by Crippen LogP contribution is -2.52. The van der Waals surface area contributed by atoms with Gasteiger partial charge in [0.05, 0.1) is 0 Å².